The van der Waals surface area contributed by atoms with Gasteiger partial charge in [-0.15, -0.1) is 12.1 Å². The summed E-state index contributed by atoms with van der Waals surface area (Å²) in [5.74, 6) is 0. The Morgan fingerprint density at radius 2 is 0.793 bits per heavy atom. The molecule has 4 aromatic carbocycles. The van der Waals surface area contributed by atoms with Crippen LogP contribution in [0.4, 0.5) is 22.7 Å². The van der Waals surface area contributed by atoms with Gasteiger partial charge in [0.2, 0.25) is 0 Å². The first-order valence-electron chi connectivity index (χ1n) is 8.77. The second kappa shape index (κ2) is 13.0. The number of azo groups is 2. The average molecular weight is 558 g/mol. The third-order valence-electron chi connectivity index (χ3n) is 3.44. The minimum absolute atomic E-state index is 0. The summed E-state index contributed by atoms with van der Waals surface area (Å²) in [5, 5.41) is 16.2. The minimum Gasteiger partial charge on any atom is -0.178 e. The summed E-state index contributed by atoms with van der Waals surface area (Å²) in [5.41, 5.74) is 3.20. The maximum absolute atomic E-state index is 4.07. The Balaban J connectivity index is 0.000000200. The van der Waals surface area contributed by atoms with Crippen LogP contribution in [0.15, 0.2) is 130 Å². The molecule has 0 aliphatic rings. The van der Waals surface area contributed by atoms with Crippen LogP contribution in [0.1, 0.15) is 0 Å². The van der Waals surface area contributed by atoms with Crippen molar-refractivity contribution in [2.24, 2.45) is 20.5 Å². The number of hydrogen-bond donors (Lipinski definition) is 0. The average Bonchev–Trinajstić information content (AvgIpc) is 2.80. The molecule has 0 atom stereocenters. The molecule has 0 heterocycles. The van der Waals surface area contributed by atoms with E-state index in [1.165, 1.54) is 0 Å². The molecule has 4 nitrogen and oxygen atoms in total. The summed E-state index contributed by atoms with van der Waals surface area (Å²) in [6.45, 7) is 0. The van der Waals surface area contributed by atoms with E-state index in [0.29, 0.717) is 0 Å². The predicted octanol–water partition coefficient (Wildman–Crippen LogP) is 7.80. The van der Waals surface area contributed by atoms with Crippen molar-refractivity contribution in [3.8, 4) is 0 Å². The maximum Gasteiger partial charge on any atom is 2.00 e. The summed E-state index contributed by atoms with van der Waals surface area (Å²) in [4.78, 5) is 0. The molecule has 0 aromatic heterocycles. The largest absolute Gasteiger partial charge is 2.00 e. The van der Waals surface area contributed by atoms with E-state index in [-0.39, 0.29) is 21.1 Å². The molecular formula is C24H18N4Pt. The van der Waals surface area contributed by atoms with E-state index in [0.717, 1.165) is 22.7 Å². The number of hydrogen-bond acceptors (Lipinski definition) is 4. The zero-order valence-corrected chi connectivity index (χ0v) is 17.8. The maximum atomic E-state index is 4.07. The summed E-state index contributed by atoms with van der Waals surface area (Å²) >= 11 is 0. The van der Waals surface area contributed by atoms with E-state index >= 15 is 0 Å². The van der Waals surface area contributed by atoms with Crippen LogP contribution in [0.25, 0.3) is 0 Å². The van der Waals surface area contributed by atoms with Gasteiger partial charge in [-0.2, -0.15) is 69.0 Å². The molecule has 0 amide bonds. The predicted molar refractivity (Wildman–Crippen MR) is 112 cm³/mol. The Bertz CT molecular complexity index is 822. The van der Waals surface area contributed by atoms with Crippen LogP contribution in [-0.2, 0) is 21.1 Å². The molecule has 29 heavy (non-hydrogen) atoms. The molecule has 0 aliphatic carbocycles. The molecule has 0 saturated carbocycles. The van der Waals surface area contributed by atoms with Crippen LogP contribution in [0, 0.1) is 12.1 Å². The van der Waals surface area contributed by atoms with Gasteiger partial charge in [-0.25, -0.2) is 0 Å². The molecule has 144 valence electrons. The second-order valence-electron chi connectivity index (χ2n) is 5.57. The van der Waals surface area contributed by atoms with Gasteiger partial charge in [0.1, 0.15) is 0 Å². The molecule has 0 saturated heterocycles. The standard InChI is InChI=1S/2C12H9N2.Pt/c2*1-3-7-11(8-4-1)13-14-12-9-5-2-6-10-12;/h2*1-9H;/q2*-1;+2. The van der Waals surface area contributed by atoms with Crippen molar-refractivity contribution in [3.05, 3.63) is 121 Å². The molecule has 4 rings (SSSR count). The van der Waals surface area contributed by atoms with E-state index in [1.54, 1.807) is 0 Å². The van der Waals surface area contributed by atoms with Gasteiger partial charge in [0.25, 0.3) is 0 Å². The number of benzene rings is 4. The Hall–Kier alpha value is -3.23. The quantitative estimate of drug-likeness (QED) is 0.182. The first-order chi connectivity index (χ1) is 13.9. The smallest absolute Gasteiger partial charge is 0.178 e. The summed E-state index contributed by atoms with van der Waals surface area (Å²) in [7, 11) is 0. The van der Waals surface area contributed by atoms with Gasteiger partial charge in [-0.3, -0.25) is 0 Å². The fraction of sp³-hybridized carbons (Fsp3) is 0. The topological polar surface area (TPSA) is 49.4 Å². The summed E-state index contributed by atoms with van der Waals surface area (Å²) in [6.07, 6.45) is 0. The minimum atomic E-state index is 0. The van der Waals surface area contributed by atoms with Gasteiger partial charge in [0.05, 0.1) is 11.4 Å². The Labute approximate surface area is 185 Å². The van der Waals surface area contributed by atoms with Crippen LogP contribution >= 0.6 is 0 Å². The van der Waals surface area contributed by atoms with Gasteiger partial charge in [-0.05, 0) is 35.6 Å². The Kier molecular flexibility index (Phi) is 9.91. The van der Waals surface area contributed by atoms with Crippen molar-refractivity contribution in [3.63, 3.8) is 0 Å². The molecule has 0 spiro atoms. The SMILES string of the molecule is [Pt+2].[c-]1ccccc1N=Nc1ccccc1.[c-]1ccccc1N=Nc1ccccc1. The molecule has 0 bridgehead atoms. The molecule has 4 aromatic rings. The van der Waals surface area contributed by atoms with E-state index in [2.05, 4.69) is 32.6 Å². The van der Waals surface area contributed by atoms with Gasteiger partial charge in [-0.1, -0.05) is 36.4 Å². The molecule has 0 aliphatic heterocycles. The van der Waals surface area contributed by atoms with Crippen LogP contribution < -0.4 is 0 Å². The Morgan fingerprint density at radius 1 is 0.414 bits per heavy atom. The molecule has 5 heteroatoms. The first-order valence-corrected chi connectivity index (χ1v) is 8.77. The first kappa shape index (κ1) is 22.1. The second-order valence-corrected chi connectivity index (χ2v) is 5.57. The van der Waals surface area contributed by atoms with Gasteiger partial charge < -0.3 is 0 Å². The van der Waals surface area contributed by atoms with E-state index < -0.39 is 0 Å². The van der Waals surface area contributed by atoms with E-state index in [4.69, 9.17) is 0 Å². The monoisotopic (exact) mass is 557 g/mol. The van der Waals surface area contributed by atoms with Crippen molar-refractivity contribution < 1.29 is 21.1 Å². The fourth-order valence-electron chi connectivity index (χ4n) is 2.10. The molecule has 0 fully saturated rings. The van der Waals surface area contributed by atoms with Gasteiger partial charge in [0.15, 0.2) is 0 Å². The third-order valence-corrected chi connectivity index (χ3v) is 3.44. The van der Waals surface area contributed by atoms with Crippen LogP contribution in [0.3, 0.4) is 0 Å². The summed E-state index contributed by atoms with van der Waals surface area (Å²) < 4.78 is 0. The van der Waals surface area contributed by atoms with Crippen LogP contribution in [0.5, 0.6) is 0 Å². The Morgan fingerprint density at radius 3 is 1.14 bits per heavy atom. The van der Waals surface area contributed by atoms with Gasteiger partial charge in [0, 0.05) is 0 Å². The van der Waals surface area contributed by atoms with Crippen LogP contribution in [0.2, 0.25) is 0 Å². The van der Waals surface area contributed by atoms with Crippen molar-refractivity contribution in [1.82, 2.24) is 0 Å². The van der Waals surface area contributed by atoms with E-state index in [9.17, 15) is 0 Å². The van der Waals surface area contributed by atoms with Gasteiger partial charge >= 0.3 is 21.1 Å². The van der Waals surface area contributed by atoms with Crippen molar-refractivity contribution in [1.29, 1.82) is 0 Å². The summed E-state index contributed by atoms with van der Waals surface area (Å²) in [6, 6.07) is 40.2. The molecule has 0 N–H and O–H groups in total. The van der Waals surface area contributed by atoms with E-state index in [1.807, 2.05) is 109 Å². The molecule has 0 radical (unpaired) electrons. The van der Waals surface area contributed by atoms with Crippen LogP contribution in [-0.4, -0.2) is 0 Å². The van der Waals surface area contributed by atoms with Crippen molar-refractivity contribution in [2.75, 3.05) is 0 Å². The third kappa shape index (κ3) is 8.54. The van der Waals surface area contributed by atoms with Crippen molar-refractivity contribution >= 4 is 22.7 Å². The zero-order valence-electron chi connectivity index (χ0n) is 15.5. The van der Waals surface area contributed by atoms with Crippen molar-refractivity contribution in [2.45, 2.75) is 0 Å². The number of rotatable bonds is 4. The number of nitrogens with zero attached hydrogens (tertiary/aromatic N) is 4. The fourth-order valence-corrected chi connectivity index (χ4v) is 2.10. The zero-order chi connectivity index (χ0) is 19.3. The molecule has 0 unspecified atom stereocenters. The molecular weight excluding hydrogens is 539 g/mol. The normalized spacial score (nSPS) is 10.2.